The third-order valence-electron chi connectivity index (χ3n) is 2.21. The van der Waals surface area contributed by atoms with Gasteiger partial charge in [0.05, 0.1) is 0 Å². The van der Waals surface area contributed by atoms with Crippen LogP contribution in [0.1, 0.15) is 18.6 Å². The van der Waals surface area contributed by atoms with Gasteiger partial charge in [-0.15, -0.1) is 11.6 Å². The first-order valence-corrected chi connectivity index (χ1v) is 7.62. The molecule has 0 saturated heterocycles. The van der Waals surface area contributed by atoms with E-state index in [1.54, 1.807) is 24.3 Å². The van der Waals surface area contributed by atoms with E-state index in [4.69, 9.17) is 11.6 Å². The normalized spacial score (nSPS) is 15.8. The molecule has 6 heteroatoms. The summed E-state index contributed by atoms with van der Waals surface area (Å²) in [6.45, 7) is 1.50. The van der Waals surface area contributed by atoms with Crippen molar-refractivity contribution in [3.05, 3.63) is 34.3 Å². The summed E-state index contributed by atoms with van der Waals surface area (Å²) in [4.78, 5) is 0. The Morgan fingerprint density at radius 1 is 1.38 bits per heavy atom. The molecule has 0 spiro atoms. The molecule has 0 heterocycles. The molecule has 3 nitrogen and oxygen atoms in total. The summed E-state index contributed by atoms with van der Waals surface area (Å²) >= 11 is 9.00. The fraction of sp³-hybridized carbons (Fsp3) is 0.400. The second kappa shape index (κ2) is 5.49. The van der Waals surface area contributed by atoms with Crippen molar-refractivity contribution in [2.75, 3.05) is 5.75 Å². The van der Waals surface area contributed by atoms with Crippen LogP contribution >= 0.6 is 27.5 Å². The third-order valence-corrected chi connectivity index (χ3v) is 5.54. The van der Waals surface area contributed by atoms with Crippen LogP contribution in [0, 0.1) is 0 Å². The maximum Gasteiger partial charge on any atom is 0.169 e. The predicted octanol–water partition coefficient (Wildman–Crippen LogP) is 2.48. The summed E-state index contributed by atoms with van der Waals surface area (Å²) in [5.41, 5.74) is 0.486. The Labute approximate surface area is 108 Å². The van der Waals surface area contributed by atoms with Crippen LogP contribution in [-0.4, -0.2) is 24.0 Å². The zero-order valence-electron chi connectivity index (χ0n) is 8.60. The van der Waals surface area contributed by atoms with Gasteiger partial charge in [0.15, 0.2) is 14.5 Å². The second-order valence-corrected chi connectivity index (χ2v) is 7.35. The number of alkyl halides is 1. The van der Waals surface area contributed by atoms with Gasteiger partial charge in [0.2, 0.25) is 0 Å². The Bertz CT molecular complexity index is 444. The number of hydrogen-bond donors (Lipinski definition) is 1. The molecule has 0 fully saturated rings. The van der Waals surface area contributed by atoms with Crippen molar-refractivity contribution in [3.8, 4) is 0 Å². The van der Waals surface area contributed by atoms with Crippen LogP contribution in [0.3, 0.4) is 0 Å². The number of sulfone groups is 1. The van der Waals surface area contributed by atoms with Gasteiger partial charge in [-0.25, -0.2) is 8.42 Å². The van der Waals surface area contributed by atoms with Gasteiger partial charge in [-0.05, 0) is 17.7 Å². The van der Waals surface area contributed by atoms with E-state index in [0.29, 0.717) is 5.56 Å². The average Bonchev–Trinajstić information content (AvgIpc) is 2.28. The molecule has 2 atom stereocenters. The number of rotatable bonds is 4. The van der Waals surface area contributed by atoms with Gasteiger partial charge in [-0.3, -0.25) is 0 Å². The molecule has 1 rings (SSSR count). The van der Waals surface area contributed by atoms with Gasteiger partial charge in [0.1, 0.15) is 6.10 Å². The minimum atomic E-state index is -3.45. The Morgan fingerprint density at radius 2 is 1.88 bits per heavy atom. The number of aliphatic hydroxyl groups excluding tert-OH is 1. The van der Waals surface area contributed by atoms with Crippen LogP contribution in [-0.2, 0) is 9.84 Å². The van der Waals surface area contributed by atoms with Crippen molar-refractivity contribution in [3.63, 3.8) is 0 Å². The molecular weight excluding hydrogens is 316 g/mol. The summed E-state index contributed by atoms with van der Waals surface area (Å²) in [6, 6.07) is 6.71. The molecule has 0 aliphatic rings. The van der Waals surface area contributed by atoms with E-state index < -0.39 is 20.7 Å². The molecule has 0 bridgehead atoms. The van der Waals surface area contributed by atoms with Crippen molar-refractivity contribution in [1.29, 1.82) is 0 Å². The molecule has 1 N–H and O–H groups in total. The topological polar surface area (TPSA) is 54.4 Å². The molecule has 1 aromatic carbocycles. The minimum absolute atomic E-state index is 0.0885. The first kappa shape index (κ1) is 14.0. The standard InChI is InChI=1S/C10H12BrClO3S/c1-2-16(14,15)10(12)9(13)7-3-5-8(11)6-4-7/h3-6,9-10,13H,2H2,1H3/t9-,10-/m0/s1. The highest BCUT2D eigenvalue weighted by Crippen LogP contribution is 2.26. The van der Waals surface area contributed by atoms with Crippen molar-refractivity contribution >= 4 is 37.4 Å². The summed E-state index contributed by atoms with van der Waals surface area (Å²) < 4.78 is 22.5. The van der Waals surface area contributed by atoms with E-state index in [9.17, 15) is 13.5 Å². The lowest BCUT2D eigenvalue weighted by Gasteiger charge is -2.16. The highest BCUT2D eigenvalue weighted by Gasteiger charge is 2.29. The van der Waals surface area contributed by atoms with Crippen LogP contribution in [0.5, 0.6) is 0 Å². The molecule has 0 unspecified atom stereocenters. The van der Waals surface area contributed by atoms with E-state index in [2.05, 4.69) is 15.9 Å². The first-order chi connectivity index (χ1) is 7.38. The molecule has 0 amide bonds. The zero-order chi connectivity index (χ0) is 12.3. The quantitative estimate of drug-likeness (QED) is 0.864. The zero-order valence-corrected chi connectivity index (χ0v) is 11.8. The number of hydrogen-bond acceptors (Lipinski definition) is 3. The molecule has 0 aliphatic carbocycles. The van der Waals surface area contributed by atoms with E-state index in [-0.39, 0.29) is 5.75 Å². The van der Waals surface area contributed by atoms with Crippen LogP contribution in [0.25, 0.3) is 0 Å². The smallest absolute Gasteiger partial charge is 0.169 e. The molecule has 0 aliphatic heterocycles. The van der Waals surface area contributed by atoms with E-state index in [1.807, 2.05) is 0 Å². The summed E-state index contributed by atoms with van der Waals surface area (Å²) in [6.07, 6.45) is -1.21. The minimum Gasteiger partial charge on any atom is -0.386 e. The third kappa shape index (κ3) is 3.20. The van der Waals surface area contributed by atoms with Crippen molar-refractivity contribution in [2.45, 2.75) is 17.7 Å². The molecule has 90 valence electrons. The average molecular weight is 328 g/mol. The highest BCUT2D eigenvalue weighted by atomic mass is 79.9. The summed E-state index contributed by atoms with van der Waals surface area (Å²) in [7, 11) is -3.45. The lowest BCUT2D eigenvalue weighted by Crippen LogP contribution is -2.24. The van der Waals surface area contributed by atoms with Gasteiger partial charge < -0.3 is 5.11 Å². The SMILES string of the molecule is CCS(=O)(=O)[C@H](Cl)[C@@H](O)c1ccc(Br)cc1. The van der Waals surface area contributed by atoms with Gasteiger partial charge in [-0.1, -0.05) is 35.0 Å². The van der Waals surface area contributed by atoms with Gasteiger partial charge >= 0.3 is 0 Å². The second-order valence-electron chi connectivity index (χ2n) is 3.30. The summed E-state index contributed by atoms with van der Waals surface area (Å²) in [5, 5.41) is 9.82. The fourth-order valence-corrected chi connectivity index (χ4v) is 2.82. The maximum atomic E-state index is 11.5. The lowest BCUT2D eigenvalue weighted by molar-refractivity contribution is 0.191. The maximum absolute atomic E-state index is 11.5. The van der Waals surface area contributed by atoms with E-state index in [0.717, 1.165) is 4.47 Å². The monoisotopic (exact) mass is 326 g/mol. The molecule has 0 radical (unpaired) electrons. The summed E-state index contributed by atoms with van der Waals surface area (Å²) in [5.74, 6) is -0.0885. The molecule has 16 heavy (non-hydrogen) atoms. The number of aliphatic hydroxyl groups is 1. The highest BCUT2D eigenvalue weighted by molar-refractivity contribution is 9.10. The van der Waals surface area contributed by atoms with Crippen molar-refractivity contribution in [2.24, 2.45) is 0 Å². The van der Waals surface area contributed by atoms with Crippen LogP contribution in [0.2, 0.25) is 0 Å². The van der Waals surface area contributed by atoms with Crippen LogP contribution in [0.4, 0.5) is 0 Å². The van der Waals surface area contributed by atoms with Crippen LogP contribution in [0.15, 0.2) is 28.7 Å². The predicted molar refractivity (Wildman–Crippen MR) is 68.2 cm³/mol. The van der Waals surface area contributed by atoms with Crippen molar-refractivity contribution in [1.82, 2.24) is 0 Å². The van der Waals surface area contributed by atoms with E-state index in [1.165, 1.54) is 6.92 Å². The Balaban J connectivity index is 2.94. The molecule has 0 aromatic heterocycles. The molecule has 0 saturated carbocycles. The number of benzene rings is 1. The van der Waals surface area contributed by atoms with Gasteiger partial charge in [0.25, 0.3) is 0 Å². The number of halogens is 2. The Hall–Kier alpha value is -0.100. The first-order valence-electron chi connectivity index (χ1n) is 4.67. The molecular formula is C10H12BrClO3S. The Morgan fingerprint density at radius 3 is 2.31 bits per heavy atom. The van der Waals surface area contributed by atoms with Crippen molar-refractivity contribution < 1.29 is 13.5 Å². The van der Waals surface area contributed by atoms with E-state index >= 15 is 0 Å². The van der Waals surface area contributed by atoms with Gasteiger partial charge in [0, 0.05) is 10.2 Å². The fourth-order valence-electron chi connectivity index (χ4n) is 1.17. The largest absolute Gasteiger partial charge is 0.386 e. The Kier molecular flexibility index (Phi) is 4.79. The molecule has 1 aromatic rings. The lowest BCUT2D eigenvalue weighted by atomic mass is 10.1. The van der Waals surface area contributed by atoms with Gasteiger partial charge in [-0.2, -0.15) is 0 Å². The van der Waals surface area contributed by atoms with Crippen LogP contribution < -0.4 is 0 Å².